The average Bonchev–Trinajstić information content (AvgIpc) is 3.04. The molecule has 0 aliphatic heterocycles. The maximum absolute atomic E-state index is 12.1. The summed E-state index contributed by atoms with van der Waals surface area (Å²) in [5.41, 5.74) is 0.919. The van der Waals surface area contributed by atoms with Crippen molar-refractivity contribution in [1.29, 1.82) is 0 Å². The molecule has 0 saturated carbocycles. The first-order valence-corrected chi connectivity index (χ1v) is 7.81. The molecule has 0 atom stereocenters. The van der Waals surface area contributed by atoms with Crippen LogP contribution in [0, 0.1) is 0 Å². The highest BCUT2D eigenvalue weighted by molar-refractivity contribution is 9.11. The van der Waals surface area contributed by atoms with E-state index in [0.29, 0.717) is 11.4 Å². The Kier molecular flexibility index (Phi) is 5.13. The third-order valence-electron chi connectivity index (χ3n) is 2.76. The molecule has 2 aromatic heterocycles. The van der Waals surface area contributed by atoms with Crippen LogP contribution in [0.4, 0.5) is 0 Å². The highest BCUT2D eigenvalue weighted by Crippen LogP contribution is 2.22. The van der Waals surface area contributed by atoms with Crippen LogP contribution in [0.3, 0.4) is 0 Å². The molecule has 0 aromatic carbocycles. The van der Waals surface area contributed by atoms with Crippen molar-refractivity contribution in [1.82, 2.24) is 20.0 Å². The fourth-order valence-electron chi connectivity index (χ4n) is 1.72. The second-order valence-electron chi connectivity index (χ2n) is 4.56. The summed E-state index contributed by atoms with van der Waals surface area (Å²) >= 11 is 4.66. The summed E-state index contributed by atoms with van der Waals surface area (Å²) in [5.74, 6) is -0.368. The lowest BCUT2D eigenvalue weighted by Gasteiger charge is -2.15. The first-order valence-electron chi connectivity index (χ1n) is 6.20. The Balaban J connectivity index is 1.83. The number of nitrogens with one attached hydrogen (secondary N) is 1. The minimum atomic E-state index is -0.203. The summed E-state index contributed by atoms with van der Waals surface area (Å²) in [6, 6.07) is 3.55. The lowest BCUT2D eigenvalue weighted by atomic mass is 10.3. The van der Waals surface area contributed by atoms with Crippen LogP contribution in [0.1, 0.15) is 15.2 Å². The lowest BCUT2D eigenvalue weighted by molar-refractivity contribution is -0.121. The predicted octanol–water partition coefficient (Wildman–Crippen LogP) is 1.63. The van der Waals surface area contributed by atoms with Gasteiger partial charge in [-0.25, -0.2) is 0 Å². The summed E-state index contributed by atoms with van der Waals surface area (Å²) < 4.78 is 2.56. The predicted molar refractivity (Wildman–Crippen MR) is 84.0 cm³/mol. The molecule has 0 aliphatic rings. The van der Waals surface area contributed by atoms with Crippen LogP contribution >= 0.6 is 27.3 Å². The molecule has 8 heteroatoms. The number of carbonyl (C=O) groups is 2. The van der Waals surface area contributed by atoms with Gasteiger partial charge in [0.1, 0.15) is 0 Å². The molecule has 112 valence electrons. The van der Waals surface area contributed by atoms with E-state index in [-0.39, 0.29) is 18.4 Å². The van der Waals surface area contributed by atoms with Crippen molar-refractivity contribution in [3.63, 3.8) is 0 Å². The molecular formula is C13H15BrN4O2S. The molecule has 0 saturated heterocycles. The Morgan fingerprint density at radius 3 is 2.81 bits per heavy atom. The molecule has 2 heterocycles. The van der Waals surface area contributed by atoms with E-state index >= 15 is 0 Å². The van der Waals surface area contributed by atoms with Gasteiger partial charge in [-0.05, 0) is 28.1 Å². The SMILES string of the molecule is CN(CC(=O)NCc1cnn(C)c1)C(=O)c1ccc(Br)s1. The Hall–Kier alpha value is -1.67. The van der Waals surface area contributed by atoms with E-state index in [0.717, 1.165) is 9.35 Å². The first-order chi connectivity index (χ1) is 9.95. The fraction of sp³-hybridized carbons (Fsp3) is 0.308. The summed E-state index contributed by atoms with van der Waals surface area (Å²) in [6.45, 7) is 0.424. The van der Waals surface area contributed by atoms with Gasteiger partial charge in [-0.2, -0.15) is 5.10 Å². The topological polar surface area (TPSA) is 67.2 Å². The molecule has 21 heavy (non-hydrogen) atoms. The van der Waals surface area contributed by atoms with E-state index in [1.54, 1.807) is 24.0 Å². The van der Waals surface area contributed by atoms with Gasteiger partial charge in [-0.3, -0.25) is 14.3 Å². The molecule has 1 N–H and O–H groups in total. The van der Waals surface area contributed by atoms with Crippen LogP contribution in [-0.2, 0) is 18.4 Å². The number of thiophene rings is 1. The molecule has 0 fully saturated rings. The van der Waals surface area contributed by atoms with Gasteiger partial charge < -0.3 is 10.2 Å². The van der Waals surface area contributed by atoms with E-state index in [1.807, 2.05) is 19.3 Å². The number of carbonyl (C=O) groups excluding carboxylic acids is 2. The van der Waals surface area contributed by atoms with Gasteiger partial charge in [-0.15, -0.1) is 11.3 Å². The molecule has 2 amide bonds. The van der Waals surface area contributed by atoms with Crippen molar-refractivity contribution >= 4 is 39.1 Å². The summed E-state index contributed by atoms with van der Waals surface area (Å²) in [5, 5.41) is 6.79. The number of hydrogen-bond acceptors (Lipinski definition) is 4. The smallest absolute Gasteiger partial charge is 0.264 e. The van der Waals surface area contributed by atoms with Crippen molar-refractivity contribution in [2.24, 2.45) is 7.05 Å². The largest absolute Gasteiger partial charge is 0.350 e. The quantitative estimate of drug-likeness (QED) is 0.869. The van der Waals surface area contributed by atoms with Gasteiger partial charge in [0.05, 0.1) is 21.4 Å². The Labute approximate surface area is 134 Å². The zero-order valence-electron chi connectivity index (χ0n) is 11.7. The third-order valence-corrected chi connectivity index (χ3v) is 4.37. The monoisotopic (exact) mass is 370 g/mol. The molecule has 2 aromatic rings. The molecular weight excluding hydrogens is 356 g/mol. The number of amides is 2. The minimum absolute atomic E-state index is 0.0224. The molecule has 0 aliphatic carbocycles. The number of hydrogen-bond donors (Lipinski definition) is 1. The zero-order valence-corrected chi connectivity index (χ0v) is 14.1. The van der Waals surface area contributed by atoms with Gasteiger partial charge in [-0.1, -0.05) is 0 Å². The molecule has 2 rings (SSSR count). The summed E-state index contributed by atoms with van der Waals surface area (Å²) in [4.78, 5) is 25.9. The van der Waals surface area contributed by atoms with Crippen LogP contribution in [0.25, 0.3) is 0 Å². The maximum Gasteiger partial charge on any atom is 0.264 e. The van der Waals surface area contributed by atoms with Crippen LogP contribution in [0.5, 0.6) is 0 Å². The number of halogens is 1. The second-order valence-corrected chi connectivity index (χ2v) is 7.03. The maximum atomic E-state index is 12.1. The fourth-order valence-corrected chi connectivity index (χ4v) is 3.11. The van der Waals surface area contributed by atoms with Gasteiger partial charge in [0.2, 0.25) is 5.91 Å². The van der Waals surface area contributed by atoms with Crippen LogP contribution in [0.2, 0.25) is 0 Å². The first kappa shape index (κ1) is 15.7. The summed E-state index contributed by atoms with van der Waals surface area (Å²) in [7, 11) is 3.43. The second kappa shape index (κ2) is 6.86. The van der Waals surface area contributed by atoms with Crippen molar-refractivity contribution < 1.29 is 9.59 Å². The van der Waals surface area contributed by atoms with Crippen LogP contribution in [0.15, 0.2) is 28.3 Å². The van der Waals surface area contributed by atoms with Gasteiger partial charge in [0.25, 0.3) is 5.91 Å². The standard InChI is InChI=1S/C13H15BrN4O2S/c1-17(13(20)10-3-4-11(14)21-10)8-12(19)15-5-9-6-16-18(2)7-9/h3-4,6-7H,5,8H2,1-2H3,(H,15,19). The van der Waals surface area contributed by atoms with Gasteiger partial charge in [0, 0.05) is 32.4 Å². The Bertz CT molecular complexity index is 652. The molecule has 0 radical (unpaired) electrons. The average molecular weight is 371 g/mol. The van der Waals surface area contributed by atoms with E-state index < -0.39 is 0 Å². The van der Waals surface area contributed by atoms with Crippen LogP contribution < -0.4 is 5.32 Å². The number of nitrogens with zero attached hydrogens (tertiary/aromatic N) is 3. The van der Waals surface area contributed by atoms with Crippen molar-refractivity contribution in [3.8, 4) is 0 Å². The van der Waals surface area contributed by atoms with Gasteiger partial charge in [0.15, 0.2) is 0 Å². The van der Waals surface area contributed by atoms with Crippen LogP contribution in [-0.4, -0.2) is 40.1 Å². The van der Waals surface area contributed by atoms with Crippen molar-refractivity contribution in [3.05, 3.63) is 38.8 Å². The lowest BCUT2D eigenvalue weighted by Crippen LogP contribution is -2.37. The van der Waals surface area contributed by atoms with E-state index in [1.165, 1.54) is 16.2 Å². The van der Waals surface area contributed by atoms with E-state index in [9.17, 15) is 9.59 Å². The van der Waals surface area contributed by atoms with Crippen molar-refractivity contribution in [2.45, 2.75) is 6.54 Å². The van der Waals surface area contributed by atoms with Crippen molar-refractivity contribution in [2.75, 3.05) is 13.6 Å². The molecule has 0 spiro atoms. The van der Waals surface area contributed by atoms with E-state index in [4.69, 9.17) is 0 Å². The number of aryl methyl sites for hydroxylation is 1. The normalized spacial score (nSPS) is 10.4. The molecule has 0 unspecified atom stereocenters. The highest BCUT2D eigenvalue weighted by Gasteiger charge is 2.16. The minimum Gasteiger partial charge on any atom is -0.350 e. The molecule has 6 nitrogen and oxygen atoms in total. The third kappa shape index (κ3) is 4.40. The molecule has 0 bridgehead atoms. The Morgan fingerprint density at radius 2 is 2.24 bits per heavy atom. The number of aromatic nitrogens is 2. The Morgan fingerprint density at radius 1 is 1.48 bits per heavy atom. The zero-order chi connectivity index (χ0) is 15.4. The summed E-state index contributed by atoms with van der Waals surface area (Å²) in [6.07, 6.45) is 3.52. The highest BCUT2D eigenvalue weighted by atomic mass is 79.9. The number of rotatable bonds is 5. The number of likely N-dealkylation sites (N-methyl/N-ethyl adjacent to an activating group) is 1. The van der Waals surface area contributed by atoms with Gasteiger partial charge >= 0.3 is 0 Å². The van der Waals surface area contributed by atoms with E-state index in [2.05, 4.69) is 26.3 Å².